The Labute approximate surface area is 139 Å². The first kappa shape index (κ1) is 16.0. The van der Waals surface area contributed by atoms with Gasteiger partial charge in [-0.3, -0.25) is 14.9 Å². The molecule has 1 aliphatic rings. The van der Waals surface area contributed by atoms with Crippen molar-refractivity contribution in [2.75, 3.05) is 6.61 Å². The third-order valence-corrected chi connectivity index (χ3v) is 4.03. The zero-order valence-corrected chi connectivity index (χ0v) is 13.0. The molecule has 2 aromatic carbocycles. The van der Waals surface area contributed by atoms with Crippen LogP contribution in [0.2, 0.25) is 0 Å². The van der Waals surface area contributed by atoms with Crippen LogP contribution in [-0.4, -0.2) is 23.6 Å². The van der Waals surface area contributed by atoms with E-state index in [4.69, 9.17) is 9.47 Å². The summed E-state index contributed by atoms with van der Waals surface area (Å²) in [5.41, 5.74) is 0.959. The molecule has 3 rings (SSSR count). The average Bonchev–Trinajstić information content (AvgIpc) is 3.02. The summed E-state index contributed by atoms with van der Waals surface area (Å²) < 4.78 is 11.0. The van der Waals surface area contributed by atoms with Gasteiger partial charge in [0.15, 0.2) is 5.75 Å². The highest BCUT2D eigenvalue weighted by atomic mass is 16.6. The molecular formula is C18H17NO5. The van der Waals surface area contributed by atoms with Crippen molar-refractivity contribution >= 4 is 11.7 Å². The number of ether oxygens (including phenoxy) is 2. The van der Waals surface area contributed by atoms with Crippen LogP contribution in [0.15, 0.2) is 54.6 Å². The van der Waals surface area contributed by atoms with Crippen molar-refractivity contribution in [1.29, 1.82) is 0 Å². The topological polar surface area (TPSA) is 78.7 Å². The molecule has 1 fully saturated rings. The number of nitrogens with zero attached hydrogens (tertiary/aromatic N) is 1. The summed E-state index contributed by atoms with van der Waals surface area (Å²) in [6, 6.07) is 16.0. The van der Waals surface area contributed by atoms with Gasteiger partial charge in [-0.1, -0.05) is 42.5 Å². The molecule has 2 atom stereocenters. The van der Waals surface area contributed by atoms with Crippen LogP contribution in [0.5, 0.6) is 5.75 Å². The smallest absolute Gasteiger partial charge is 0.310 e. The first-order valence-electron chi connectivity index (χ1n) is 7.73. The van der Waals surface area contributed by atoms with Gasteiger partial charge < -0.3 is 9.47 Å². The van der Waals surface area contributed by atoms with Gasteiger partial charge in [0.05, 0.1) is 18.0 Å². The predicted octanol–water partition coefficient (Wildman–Crippen LogP) is 3.15. The van der Waals surface area contributed by atoms with Gasteiger partial charge >= 0.3 is 11.7 Å². The average molecular weight is 327 g/mol. The van der Waals surface area contributed by atoms with Gasteiger partial charge in [-0.25, -0.2) is 0 Å². The van der Waals surface area contributed by atoms with Crippen molar-refractivity contribution in [3.8, 4) is 5.75 Å². The van der Waals surface area contributed by atoms with E-state index in [2.05, 4.69) is 0 Å². The van der Waals surface area contributed by atoms with Gasteiger partial charge in [0.2, 0.25) is 0 Å². The summed E-state index contributed by atoms with van der Waals surface area (Å²) in [5, 5.41) is 11.2. The van der Waals surface area contributed by atoms with Gasteiger partial charge in [0.1, 0.15) is 6.10 Å². The highest BCUT2D eigenvalue weighted by Gasteiger charge is 2.34. The number of para-hydroxylation sites is 2. The Kier molecular flexibility index (Phi) is 4.74. The largest absolute Gasteiger partial charge is 0.483 e. The fourth-order valence-corrected chi connectivity index (χ4v) is 2.79. The lowest BCUT2D eigenvalue weighted by atomic mass is 9.95. The van der Waals surface area contributed by atoms with Gasteiger partial charge in [0, 0.05) is 18.4 Å². The second-order valence-electron chi connectivity index (χ2n) is 5.72. The number of nitro benzene ring substituents is 1. The minimum absolute atomic E-state index is 0.0826. The first-order chi connectivity index (χ1) is 11.6. The van der Waals surface area contributed by atoms with E-state index in [1.54, 1.807) is 18.2 Å². The molecule has 1 aliphatic heterocycles. The molecular weight excluding hydrogens is 310 g/mol. The highest BCUT2D eigenvalue weighted by molar-refractivity contribution is 5.71. The molecule has 6 heteroatoms. The molecule has 0 spiro atoms. The van der Waals surface area contributed by atoms with Gasteiger partial charge in [0.25, 0.3) is 0 Å². The van der Waals surface area contributed by atoms with E-state index in [1.807, 2.05) is 30.3 Å². The SMILES string of the molecule is O=C1CC(C(Cc2ccccc2)Oc2ccccc2[N+](=O)[O-])CO1. The van der Waals surface area contributed by atoms with Gasteiger partial charge in [-0.15, -0.1) is 0 Å². The Morgan fingerprint density at radius 1 is 1.17 bits per heavy atom. The summed E-state index contributed by atoms with van der Waals surface area (Å²) in [5.74, 6) is -0.176. The Hall–Kier alpha value is -2.89. The Bertz CT molecular complexity index is 731. The normalized spacial score (nSPS) is 18.0. The molecule has 0 aliphatic carbocycles. The third kappa shape index (κ3) is 3.71. The molecule has 0 N–H and O–H groups in total. The van der Waals surface area contributed by atoms with E-state index in [0.717, 1.165) is 5.56 Å². The molecule has 1 saturated heterocycles. The lowest BCUT2D eigenvalue weighted by Crippen LogP contribution is -2.30. The summed E-state index contributed by atoms with van der Waals surface area (Å²) in [4.78, 5) is 22.2. The van der Waals surface area contributed by atoms with Gasteiger partial charge in [-0.05, 0) is 11.6 Å². The van der Waals surface area contributed by atoms with Crippen LogP contribution in [0.3, 0.4) is 0 Å². The molecule has 2 aromatic rings. The molecule has 1 heterocycles. The van der Waals surface area contributed by atoms with Crippen LogP contribution < -0.4 is 4.74 Å². The molecule has 0 saturated carbocycles. The van der Waals surface area contributed by atoms with Crippen molar-refractivity contribution in [2.24, 2.45) is 5.92 Å². The van der Waals surface area contributed by atoms with Crippen LogP contribution in [0.25, 0.3) is 0 Å². The standard InChI is InChI=1S/C18H17NO5/c20-18-11-14(12-23-18)17(10-13-6-2-1-3-7-13)24-16-9-5-4-8-15(16)19(21)22/h1-9,14,17H,10-12H2. The quantitative estimate of drug-likeness (QED) is 0.463. The number of hydrogen-bond acceptors (Lipinski definition) is 5. The molecule has 2 unspecified atom stereocenters. The molecule has 0 bridgehead atoms. The van der Waals surface area contributed by atoms with Crippen molar-refractivity contribution < 1.29 is 19.2 Å². The summed E-state index contributed by atoms with van der Waals surface area (Å²) in [6.07, 6.45) is 0.437. The van der Waals surface area contributed by atoms with E-state index < -0.39 is 4.92 Å². The minimum atomic E-state index is -0.467. The predicted molar refractivity (Wildman–Crippen MR) is 86.7 cm³/mol. The van der Waals surface area contributed by atoms with Crippen molar-refractivity contribution in [3.63, 3.8) is 0 Å². The van der Waals surface area contributed by atoms with E-state index in [-0.39, 0.29) is 42.5 Å². The second-order valence-corrected chi connectivity index (χ2v) is 5.72. The Morgan fingerprint density at radius 3 is 2.54 bits per heavy atom. The molecule has 124 valence electrons. The monoisotopic (exact) mass is 327 g/mol. The molecule has 0 aromatic heterocycles. The van der Waals surface area contributed by atoms with E-state index >= 15 is 0 Å². The van der Waals surface area contributed by atoms with E-state index in [0.29, 0.717) is 6.42 Å². The van der Waals surface area contributed by atoms with Gasteiger partial charge in [-0.2, -0.15) is 0 Å². The van der Waals surface area contributed by atoms with Crippen molar-refractivity contribution in [3.05, 3.63) is 70.3 Å². The fourth-order valence-electron chi connectivity index (χ4n) is 2.79. The fraction of sp³-hybridized carbons (Fsp3) is 0.278. The van der Waals surface area contributed by atoms with Crippen LogP contribution in [0.1, 0.15) is 12.0 Å². The summed E-state index contributed by atoms with van der Waals surface area (Å²) in [6.45, 7) is 0.275. The lowest BCUT2D eigenvalue weighted by molar-refractivity contribution is -0.386. The summed E-state index contributed by atoms with van der Waals surface area (Å²) in [7, 11) is 0. The number of esters is 1. The number of hydrogen-bond donors (Lipinski definition) is 0. The molecule has 24 heavy (non-hydrogen) atoms. The van der Waals surface area contributed by atoms with Crippen LogP contribution in [0, 0.1) is 16.0 Å². The highest BCUT2D eigenvalue weighted by Crippen LogP contribution is 2.31. The van der Waals surface area contributed by atoms with Crippen LogP contribution >= 0.6 is 0 Å². The first-order valence-corrected chi connectivity index (χ1v) is 7.73. The van der Waals surface area contributed by atoms with Crippen molar-refractivity contribution in [2.45, 2.75) is 18.9 Å². The van der Waals surface area contributed by atoms with E-state index in [1.165, 1.54) is 6.07 Å². The Balaban J connectivity index is 1.85. The molecule has 0 radical (unpaired) electrons. The minimum Gasteiger partial charge on any atom is -0.483 e. The number of benzene rings is 2. The molecule has 0 amide bonds. The van der Waals surface area contributed by atoms with Crippen LogP contribution in [-0.2, 0) is 16.0 Å². The molecule has 6 nitrogen and oxygen atoms in total. The summed E-state index contributed by atoms with van der Waals surface area (Å²) >= 11 is 0. The number of carbonyl (C=O) groups excluding carboxylic acids is 1. The third-order valence-electron chi connectivity index (χ3n) is 4.03. The Morgan fingerprint density at radius 2 is 1.88 bits per heavy atom. The van der Waals surface area contributed by atoms with E-state index in [9.17, 15) is 14.9 Å². The zero-order chi connectivity index (χ0) is 16.9. The number of carbonyl (C=O) groups is 1. The maximum Gasteiger partial charge on any atom is 0.310 e. The lowest BCUT2D eigenvalue weighted by Gasteiger charge is -2.23. The number of rotatable bonds is 6. The van der Waals surface area contributed by atoms with Crippen LogP contribution in [0.4, 0.5) is 5.69 Å². The number of cyclic esters (lactones) is 1. The number of nitro groups is 1. The zero-order valence-electron chi connectivity index (χ0n) is 13.0. The maximum absolute atomic E-state index is 11.5. The van der Waals surface area contributed by atoms with Crippen molar-refractivity contribution in [1.82, 2.24) is 0 Å². The second kappa shape index (κ2) is 7.12. The maximum atomic E-state index is 11.5.